The lowest BCUT2D eigenvalue weighted by atomic mass is 10.1. The van der Waals surface area contributed by atoms with Gasteiger partial charge in [0.25, 0.3) is 0 Å². The highest BCUT2D eigenvalue weighted by Gasteiger charge is 1.84. The van der Waals surface area contributed by atoms with E-state index >= 15 is 0 Å². The molecule has 0 bridgehead atoms. The van der Waals surface area contributed by atoms with Gasteiger partial charge in [-0.05, 0) is 24.5 Å². The predicted molar refractivity (Wildman–Crippen MR) is 53.7 cm³/mol. The van der Waals surface area contributed by atoms with Gasteiger partial charge in [0.2, 0.25) is 0 Å². The van der Waals surface area contributed by atoms with Crippen LogP contribution in [0.4, 0.5) is 0 Å². The second kappa shape index (κ2) is 6.06. The van der Waals surface area contributed by atoms with Gasteiger partial charge in [-0.1, -0.05) is 42.5 Å². The SMILES string of the molecule is [O]/C=C/C/C=C/Cc1ccccc1. The minimum Gasteiger partial charge on any atom is -0.299 e. The second-order valence-corrected chi connectivity index (χ2v) is 2.77. The first-order valence-electron chi connectivity index (χ1n) is 4.39. The topological polar surface area (TPSA) is 19.9 Å². The van der Waals surface area contributed by atoms with Gasteiger partial charge in [-0.2, -0.15) is 0 Å². The number of benzene rings is 1. The Morgan fingerprint density at radius 2 is 1.77 bits per heavy atom. The molecule has 0 aliphatic rings. The summed E-state index contributed by atoms with van der Waals surface area (Å²) >= 11 is 0. The maximum Gasteiger partial charge on any atom is 0.139 e. The fourth-order valence-electron chi connectivity index (χ4n) is 1.06. The number of allylic oxidation sites excluding steroid dienone is 3. The fourth-order valence-corrected chi connectivity index (χ4v) is 1.06. The molecule has 0 aliphatic carbocycles. The molecule has 0 atom stereocenters. The van der Waals surface area contributed by atoms with Gasteiger partial charge in [-0.15, -0.1) is 0 Å². The van der Waals surface area contributed by atoms with Gasteiger partial charge in [0.15, 0.2) is 0 Å². The molecule has 0 aromatic heterocycles. The Morgan fingerprint density at radius 1 is 1.00 bits per heavy atom. The average Bonchev–Trinajstić information content (AvgIpc) is 2.19. The molecule has 0 aliphatic heterocycles. The number of hydrogen-bond acceptors (Lipinski definition) is 0. The lowest BCUT2D eigenvalue weighted by molar-refractivity contribution is 0.350. The molecule has 0 saturated carbocycles. The highest BCUT2D eigenvalue weighted by molar-refractivity contribution is 5.17. The van der Waals surface area contributed by atoms with Crippen LogP contribution in [0, 0.1) is 0 Å². The molecule has 1 rings (SSSR count). The molecule has 0 spiro atoms. The first-order valence-corrected chi connectivity index (χ1v) is 4.39. The van der Waals surface area contributed by atoms with Crippen LogP contribution in [0.15, 0.2) is 54.8 Å². The molecule has 1 nitrogen and oxygen atoms in total. The molecule has 1 aromatic rings. The van der Waals surface area contributed by atoms with E-state index in [1.807, 2.05) is 24.3 Å². The van der Waals surface area contributed by atoms with Gasteiger partial charge < -0.3 is 0 Å². The predicted octanol–water partition coefficient (Wildman–Crippen LogP) is 3.12. The fraction of sp³-hybridized carbons (Fsp3) is 0.167. The van der Waals surface area contributed by atoms with E-state index in [2.05, 4.69) is 18.2 Å². The third-order valence-electron chi connectivity index (χ3n) is 1.73. The zero-order valence-corrected chi connectivity index (χ0v) is 7.52. The summed E-state index contributed by atoms with van der Waals surface area (Å²) in [5, 5.41) is 9.95. The third-order valence-corrected chi connectivity index (χ3v) is 1.73. The minimum atomic E-state index is 0.732. The minimum absolute atomic E-state index is 0.732. The monoisotopic (exact) mass is 173 g/mol. The molecule has 0 fully saturated rings. The number of rotatable bonds is 4. The van der Waals surface area contributed by atoms with Crippen molar-refractivity contribution in [1.82, 2.24) is 0 Å². The van der Waals surface area contributed by atoms with Gasteiger partial charge in [-0.3, -0.25) is 5.11 Å². The first-order chi connectivity index (χ1) is 6.43. The van der Waals surface area contributed by atoms with Crippen molar-refractivity contribution in [1.29, 1.82) is 0 Å². The molecular weight excluding hydrogens is 160 g/mol. The summed E-state index contributed by atoms with van der Waals surface area (Å²) in [6.45, 7) is 0. The summed E-state index contributed by atoms with van der Waals surface area (Å²) in [6, 6.07) is 10.2. The van der Waals surface area contributed by atoms with Crippen LogP contribution in [-0.4, -0.2) is 0 Å². The molecule has 67 valence electrons. The van der Waals surface area contributed by atoms with Crippen molar-refractivity contribution in [3.63, 3.8) is 0 Å². The van der Waals surface area contributed by atoms with E-state index in [-0.39, 0.29) is 0 Å². The van der Waals surface area contributed by atoms with E-state index in [4.69, 9.17) is 0 Å². The molecule has 1 aromatic carbocycles. The maximum atomic E-state index is 9.95. The van der Waals surface area contributed by atoms with Crippen LogP contribution in [0.5, 0.6) is 0 Å². The van der Waals surface area contributed by atoms with Crippen molar-refractivity contribution in [2.24, 2.45) is 0 Å². The van der Waals surface area contributed by atoms with Gasteiger partial charge in [0.05, 0.1) is 0 Å². The van der Waals surface area contributed by atoms with Crippen LogP contribution < -0.4 is 0 Å². The smallest absolute Gasteiger partial charge is 0.139 e. The molecule has 13 heavy (non-hydrogen) atoms. The van der Waals surface area contributed by atoms with E-state index in [9.17, 15) is 5.11 Å². The Bertz CT molecular complexity index is 272. The molecule has 0 N–H and O–H groups in total. The zero-order valence-electron chi connectivity index (χ0n) is 7.52. The highest BCUT2D eigenvalue weighted by Crippen LogP contribution is 2.00. The van der Waals surface area contributed by atoms with Crippen LogP contribution in [0.1, 0.15) is 12.0 Å². The Hall–Kier alpha value is -1.50. The van der Waals surface area contributed by atoms with E-state index in [0.717, 1.165) is 19.1 Å². The zero-order chi connectivity index (χ0) is 9.36. The molecular formula is C12H13O. The molecule has 0 unspecified atom stereocenters. The van der Waals surface area contributed by atoms with E-state index < -0.39 is 0 Å². The standard InChI is InChI=1S/C12H13O/c13-11-7-2-1-4-8-12-9-5-3-6-10-12/h1,3-7,9-11H,2,8H2/b4-1+,11-7+. The third kappa shape index (κ3) is 4.16. The van der Waals surface area contributed by atoms with E-state index in [1.54, 1.807) is 6.08 Å². The van der Waals surface area contributed by atoms with E-state index in [0.29, 0.717) is 0 Å². The normalized spacial score (nSPS) is 11.4. The molecule has 0 saturated heterocycles. The first kappa shape index (κ1) is 9.59. The molecule has 1 radical (unpaired) electrons. The Morgan fingerprint density at radius 3 is 2.46 bits per heavy atom. The van der Waals surface area contributed by atoms with Crippen LogP contribution in [0.3, 0.4) is 0 Å². The largest absolute Gasteiger partial charge is 0.299 e. The Labute approximate surface area is 79.0 Å². The van der Waals surface area contributed by atoms with Crippen LogP contribution >= 0.6 is 0 Å². The van der Waals surface area contributed by atoms with Gasteiger partial charge in [0.1, 0.15) is 6.26 Å². The van der Waals surface area contributed by atoms with Crippen molar-refractivity contribution in [2.45, 2.75) is 12.8 Å². The summed E-state index contributed by atoms with van der Waals surface area (Å²) in [7, 11) is 0. The summed E-state index contributed by atoms with van der Waals surface area (Å²) in [5.74, 6) is 0. The average molecular weight is 173 g/mol. The van der Waals surface area contributed by atoms with Crippen LogP contribution in [-0.2, 0) is 11.5 Å². The number of hydrogen-bond donors (Lipinski definition) is 0. The molecule has 1 heteroatoms. The molecule has 0 amide bonds. The lowest BCUT2D eigenvalue weighted by Crippen LogP contribution is -1.77. The lowest BCUT2D eigenvalue weighted by Gasteiger charge is -1.92. The van der Waals surface area contributed by atoms with Gasteiger partial charge in [0, 0.05) is 0 Å². The van der Waals surface area contributed by atoms with Crippen molar-refractivity contribution in [2.75, 3.05) is 0 Å². The van der Waals surface area contributed by atoms with Crippen molar-refractivity contribution in [3.8, 4) is 0 Å². The van der Waals surface area contributed by atoms with Gasteiger partial charge >= 0.3 is 0 Å². The molecule has 0 heterocycles. The summed E-state index contributed by atoms with van der Waals surface area (Å²) in [6.07, 6.45) is 8.18. The van der Waals surface area contributed by atoms with Crippen molar-refractivity contribution < 1.29 is 5.11 Å². The Balaban J connectivity index is 2.31. The quantitative estimate of drug-likeness (QED) is 0.492. The summed E-state index contributed by atoms with van der Waals surface area (Å²) in [5.41, 5.74) is 1.30. The summed E-state index contributed by atoms with van der Waals surface area (Å²) < 4.78 is 0. The Kier molecular flexibility index (Phi) is 4.47. The second-order valence-electron chi connectivity index (χ2n) is 2.77. The summed E-state index contributed by atoms with van der Waals surface area (Å²) in [4.78, 5) is 0. The van der Waals surface area contributed by atoms with Crippen molar-refractivity contribution >= 4 is 0 Å². The van der Waals surface area contributed by atoms with Crippen molar-refractivity contribution in [3.05, 3.63) is 60.4 Å². The maximum absolute atomic E-state index is 9.95. The van der Waals surface area contributed by atoms with Crippen LogP contribution in [0.25, 0.3) is 0 Å². The highest BCUT2D eigenvalue weighted by atomic mass is 16.2. The van der Waals surface area contributed by atoms with E-state index in [1.165, 1.54) is 5.56 Å². The van der Waals surface area contributed by atoms with Gasteiger partial charge in [-0.25, -0.2) is 0 Å². The van der Waals surface area contributed by atoms with Crippen LogP contribution in [0.2, 0.25) is 0 Å².